The summed E-state index contributed by atoms with van der Waals surface area (Å²) in [6, 6.07) is 0. The van der Waals surface area contributed by atoms with Crippen LogP contribution in [-0.4, -0.2) is 36.2 Å². The summed E-state index contributed by atoms with van der Waals surface area (Å²) in [6.45, 7) is 6.41. The summed E-state index contributed by atoms with van der Waals surface area (Å²) in [7, 11) is 0. The van der Waals surface area contributed by atoms with Crippen LogP contribution < -0.4 is 0 Å². The van der Waals surface area contributed by atoms with Crippen LogP contribution in [-0.2, 0) is 0 Å². The Hall–Kier alpha value is -0.0800. The number of aliphatic hydroxyl groups excluding tert-OH is 1. The van der Waals surface area contributed by atoms with Gasteiger partial charge in [-0.2, -0.15) is 0 Å². The quantitative estimate of drug-likeness (QED) is 0.746. The number of nitrogens with zero attached hydrogens (tertiary/aromatic N) is 1. The number of hydrogen-bond donors (Lipinski definition) is 1. The molecule has 1 N–H and O–H groups in total. The maximum absolute atomic E-state index is 9.39. The highest BCUT2D eigenvalue weighted by Crippen LogP contribution is 2.41. The molecule has 1 aliphatic carbocycles. The van der Waals surface area contributed by atoms with Gasteiger partial charge in [-0.25, -0.2) is 0 Å². The first-order chi connectivity index (χ1) is 6.74. The first-order valence-corrected chi connectivity index (χ1v) is 6.07. The van der Waals surface area contributed by atoms with E-state index in [1.54, 1.807) is 0 Å². The molecule has 1 aliphatic heterocycles. The summed E-state index contributed by atoms with van der Waals surface area (Å²) >= 11 is 0. The Bertz CT molecular complexity index is 175. The SMILES string of the molecule is CC1CCN(CC2(CO)CCC2)CC1. The normalized spacial score (nSPS) is 28.7. The van der Waals surface area contributed by atoms with Crippen molar-refractivity contribution in [1.29, 1.82) is 0 Å². The van der Waals surface area contributed by atoms with Gasteiger partial charge < -0.3 is 10.0 Å². The molecule has 14 heavy (non-hydrogen) atoms. The minimum absolute atomic E-state index is 0.292. The van der Waals surface area contributed by atoms with Crippen LogP contribution in [0.25, 0.3) is 0 Å². The van der Waals surface area contributed by atoms with E-state index < -0.39 is 0 Å². The molecule has 2 heteroatoms. The maximum atomic E-state index is 9.39. The van der Waals surface area contributed by atoms with Crippen molar-refractivity contribution in [2.75, 3.05) is 26.2 Å². The van der Waals surface area contributed by atoms with E-state index in [4.69, 9.17) is 0 Å². The molecule has 82 valence electrons. The Morgan fingerprint density at radius 3 is 2.36 bits per heavy atom. The fraction of sp³-hybridized carbons (Fsp3) is 1.00. The predicted molar refractivity (Wildman–Crippen MR) is 58.2 cm³/mol. The van der Waals surface area contributed by atoms with Crippen LogP contribution >= 0.6 is 0 Å². The third-order valence-corrected chi connectivity index (χ3v) is 4.18. The lowest BCUT2D eigenvalue weighted by molar-refractivity contribution is -0.000430. The largest absolute Gasteiger partial charge is 0.396 e. The first kappa shape index (κ1) is 10.4. The van der Waals surface area contributed by atoms with E-state index in [0.29, 0.717) is 12.0 Å². The summed E-state index contributed by atoms with van der Waals surface area (Å²) in [5.41, 5.74) is 0.292. The lowest BCUT2D eigenvalue weighted by atomic mass is 9.69. The van der Waals surface area contributed by atoms with Gasteiger partial charge in [-0.3, -0.25) is 0 Å². The highest BCUT2D eigenvalue weighted by molar-refractivity contribution is 4.90. The third-order valence-electron chi connectivity index (χ3n) is 4.18. The van der Waals surface area contributed by atoms with Gasteiger partial charge in [-0.1, -0.05) is 13.3 Å². The van der Waals surface area contributed by atoms with Crippen LogP contribution in [0.2, 0.25) is 0 Å². The summed E-state index contributed by atoms with van der Waals surface area (Å²) in [5, 5.41) is 9.39. The molecule has 1 heterocycles. The highest BCUT2D eigenvalue weighted by Gasteiger charge is 2.38. The Morgan fingerprint density at radius 2 is 1.93 bits per heavy atom. The zero-order chi connectivity index (χ0) is 10.0. The third kappa shape index (κ3) is 2.12. The second-order valence-corrected chi connectivity index (χ2v) is 5.47. The maximum Gasteiger partial charge on any atom is 0.0499 e. The lowest BCUT2D eigenvalue weighted by Crippen LogP contribution is -2.47. The number of aliphatic hydroxyl groups is 1. The first-order valence-electron chi connectivity index (χ1n) is 6.07. The molecule has 0 aromatic rings. The van der Waals surface area contributed by atoms with E-state index in [0.717, 1.165) is 12.5 Å². The van der Waals surface area contributed by atoms with Gasteiger partial charge in [0.1, 0.15) is 0 Å². The van der Waals surface area contributed by atoms with Gasteiger partial charge in [-0.15, -0.1) is 0 Å². The Balaban J connectivity index is 1.79. The van der Waals surface area contributed by atoms with Gasteiger partial charge in [0.2, 0.25) is 0 Å². The molecular formula is C12H23NO. The highest BCUT2D eigenvalue weighted by atomic mass is 16.3. The second kappa shape index (κ2) is 4.19. The van der Waals surface area contributed by atoms with Gasteiger partial charge in [0.15, 0.2) is 0 Å². The van der Waals surface area contributed by atoms with Gasteiger partial charge >= 0.3 is 0 Å². The van der Waals surface area contributed by atoms with Crippen LogP contribution in [0, 0.1) is 11.3 Å². The molecule has 0 aromatic heterocycles. The van der Waals surface area contributed by atoms with Crippen LogP contribution in [0.5, 0.6) is 0 Å². The minimum Gasteiger partial charge on any atom is -0.396 e. The summed E-state index contributed by atoms with van der Waals surface area (Å²) in [6.07, 6.45) is 6.51. The van der Waals surface area contributed by atoms with Crippen molar-refractivity contribution in [3.63, 3.8) is 0 Å². The molecule has 0 bridgehead atoms. The molecule has 0 aromatic carbocycles. The topological polar surface area (TPSA) is 23.5 Å². The molecule has 2 rings (SSSR count). The van der Waals surface area contributed by atoms with Crippen molar-refractivity contribution in [1.82, 2.24) is 4.90 Å². The van der Waals surface area contributed by atoms with E-state index in [9.17, 15) is 5.11 Å². The molecule has 2 aliphatic rings. The molecular weight excluding hydrogens is 174 g/mol. The zero-order valence-electron chi connectivity index (χ0n) is 9.34. The van der Waals surface area contributed by atoms with E-state index in [1.807, 2.05) is 0 Å². The lowest BCUT2D eigenvalue weighted by Gasteiger charge is -2.45. The fourth-order valence-electron chi connectivity index (χ4n) is 2.74. The molecule has 0 radical (unpaired) electrons. The molecule has 0 atom stereocenters. The fourth-order valence-corrected chi connectivity index (χ4v) is 2.74. The summed E-state index contributed by atoms with van der Waals surface area (Å²) in [5.74, 6) is 0.915. The number of hydrogen-bond acceptors (Lipinski definition) is 2. The number of piperidine rings is 1. The van der Waals surface area contributed by atoms with E-state index in [2.05, 4.69) is 11.8 Å². The predicted octanol–water partition coefficient (Wildman–Crippen LogP) is 1.88. The average molecular weight is 197 g/mol. The summed E-state index contributed by atoms with van der Waals surface area (Å²) in [4.78, 5) is 2.56. The van der Waals surface area contributed by atoms with Crippen LogP contribution in [0.3, 0.4) is 0 Å². The van der Waals surface area contributed by atoms with Gasteiger partial charge in [0.05, 0.1) is 0 Å². The Kier molecular flexibility index (Phi) is 3.13. The second-order valence-electron chi connectivity index (χ2n) is 5.47. The monoisotopic (exact) mass is 197 g/mol. The van der Waals surface area contributed by atoms with Crippen molar-refractivity contribution in [2.45, 2.75) is 39.0 Å². The molecule has 0 unspecified atom stereocenters. The molecule has 2 fully saturated rings. The van der Waals surface area contributed by atoms with Crippen LogP contribution in [0.15, 0.2) is 0 Å². The van der Waals surface area contributed by atoms with Crippen molar-refractivity contribution in [3.8, 4) is 0 Å². The Labute approximate surface area is 87.3 Å². The van der Waals surface area contributed by atoms with Crippen LogP contribution in [0.4, 0.5) is 0 Å². The number of likely N-dealkylation sites (tertiary alicyclic amines) is 1. The van der Waals surface area contributed by atoms with Crippen molar-refractivity contribution < 1.29 is 5.11 Å². The van der Waals surface area contributed by atoms with E-state index in [-0.39, 0.29) is 0 Å². The van der Waals surface area contributed by atoms with Gasteiger partial charge in [0, 0.05) is 18.6 Å². The number of rotatable bonds is 3. The van der Waals surface area contributed by atoms with E-state index in [1.165, 1.54) is 45.2 Å². The molecule has 1 saturated heterocycles. The van der Waals surface area contributed by atoms with Gasteiger partial charge in [-0.05, 0) is 44.7 Å². The van der Waals surface area contributed by atoms with Crippen molar-refractivity contribution >= 4 is 0 Å². The molecule has 0 spiro atoms. The molecule has 2 nitrogen and oxygen atoms in total. The zero-order valence-corrected chi connectivity index (χ0v) is 9.34. The summed E-state index contributed by atoms with van der Waals surface area (Å²) < 4.78 is 0. The van der Waals surface area contributed by atoms with E-state index >= 15 is 0 Å². The van der Waals surface area contributed by atoms with Crippen LogP contribution in [0.1, 0.15) is 39.0 Å². The average Bonchev–Trinajstić information content (AvgIpc) is 2.15. The Morgan fingerprint density at radius 1 is 1.29 bits per heavy atom. The molecule has 0 amide bonds. The minimum atomic E-state index is 0.292. The standard InChI is InChI=1S/C12H23NO/c1-11-3-7-13(8-4-11)9-12(10-14)5-2-6-12/h11,14H,2-10H2,1H3. The van der Waals surface area contributed by atoms with Gasteiger partial charge in [0.25, 0.3) is 0 Å². The smallest absolute Gasteiger partial charge is 0.0499 e. The molecule has 1 saturated carbocycles. The van der Waals surface area contributed by atoms with Crippen molar-refractivity contribution in [3.05, 3.63) is 0 Å². The van der Waals surface area contributed by atoms with Crippen molar-refractivity contribution in [2.24, 2.45) is 11.3 Å².